The van der Waals surface area contributed by atoms with Gasteiger partial charge in [-0.25, -0.2) is 4.39 Å². The fourth-order valence-corrected chi connectivity index (χ4v) is 2.90. The lowest BCUT2D eigenvalue weighted by molar-refractivity contribution is -0.136. The highest BCUT2D eigenvalue weighted by Crippen LogP contribution is 2.20. The Hall–Kier alpha value is -2.25. The molecule has 24 heavy (non-hydrogen) atoms. The Labute approximate surface area is 144 Å². The third-order valence-electron chi connectivity index (χ3n) is 3.64. The Balaban J connectivity index is 1.93. The van der Waals surface area contributed by atoms with Gasteiger partial charge in [0.15, 0.2) is 0 Å². The first-order valence-corrected chi connectivity index (χ1v) is 8.36. The Morgan fingerprint density at radius 2 is 2.00 bits per heavy atom. The first-order chi connectivity index (χ1) is 11.4. The summed E-state index contributed by atoms with van der Waals surface area (Å²) in [6.45, 7) is 1.93. The number of hydrogen-bond acceptors (Lipinski definition) is 4. The maximum Gasteiger partial charge on any atom is 0.313 e. The molecule has 2 rings (SSSR count). The summed E-state index contributed by atoms with van der Waals surface area (Å²) in [5.74, 6) is -2.00. The van der Waals surface area contributed by atoms with Gasteiger partial charge in [0.05, 0.1) is 6.04 Å². The van der Waals surface area contributed by atoms with Gasteiger partial charge in [-0.05, 0) is 61.1 Å². The van der Waals surface area contributed by atoms with Crippen molar-refractivity contribution in [2.45, 2.75) is 13.0 Å². The number of amides is 2. The number of hydrogen-bond donors (Lipinski definition) is 2. The minimum Gasteiger partial charge on any atom is -0.346 e. The number of nitrogens with one attached hydrogen (secondary N) is 2. The number of nitrogens with zero attached hydrogens (tertiary/aromatic N) is 1. The molecular formula is C17H20FN3O2S. The zero-order chi connectivity index (χ0) is 17.7. The van der Waals surface area contributed by atoms with Crippen LogP contribution in [0, 0.1) is 12.7 Å². The molecule has 0 aliphatic heterocycles. The second kappa shape index (κ2) is 8.03. The van der Waals surface area contributed by atoms with Crippen molar-refractivity contribution in [2.24, 2.45) is 0 Å². The number of rotatable bonds is 5. The molecule has 0 aliphatic carbocycles. The van der Waals surface area contributed by atoms with Gasteiger partial charge in [-0.3, -0.25) is 9.59 Å². The van der Waals surface area contributed by atoms with Crippen LogP contribution in [0.25, 0.3) is 0 Å². The van der Waals surface area contributed by atoms with Crippen molar-refractivity contribution in [2.75, 3.05) is 26.0 Å². The summed E-state index contributed by atoms with van der Waals surface area (Å²) in [6, 6.07) is 6.24. The lowest BCUT2D eigenvalue weighted by atomic mass is 10.1. The van der Waals surface area contributed by atoms with Gasteiger partial charge >= 0.3 is 11.8 Å². The summed E-state index contributed by atoms with van der Waals surface area (Å²) in [5.41, 5.74) is 1.80. The van der Waals surface area contributed by atoms with Gasteiger partial charge < -0.3 is 15.5 Å². The monoisotopic (exact) mass is 349 g/mol. The van der Waals surface area contributed by atoms with Crippen LogP contribution < -0.4 is 10.6 Å². The minimum absolute atomic E-state index is 0.0233. The van der Waals surface area contributed by atoms with Crippen molar-refractivity contribution >= 4 is 28.8 Å². The molecule has 1 unspecified atom stereocenters. The first kappa shape index (κ1) is 18.1. The average molecular weight is 349 g/mol. The Morgan fingerprint density at radius 1 is 1.25 bits per heavy atom. The normalized spacial score (nSPS) is 12.0. The van der Waals surface area contributed by atoms with Crippen LogP contribution in [0.15, 0.2) is 35.0 Å². The molecule has 0 radical (unpaired) electrons. The van der Waals surface area contributed by atoms with E-state index in [1.165, 1.54) is 6.07 Å². The molecule has 1 atom stereocenters. The van der Waals surface area contributed by atoms with Gasteiger partial charge in [-0.1, -0.05) is 6.07 Å². The third-order valence-corrected chi connectivity index (χ3v) is 4.34. The SMILES string of the molecule is Cc1ccc(NC(=O)C(=O)NCC(c2ccsc2)N(C)C)cc1F. The van der Waals surface area contributed by atoms with E-state index in [0.29, 0.717) is 12.1 Å². The summed E-state index contributed by atoms with van der Waals surface area (Å²) in [6.07, 6.45) is 0. The van der Waals surface area contributed by atoms with E-state index < -0.39 is 17.6 Å². The van der Waals surface area contributed by atoms with E-state index in [2.05, 4.69) is 10.6 Å². The van der Waals surface area contributed by atoms with Crippen LogP contribution in [-0.2, 0) is 9.59 Å². The third kappa shape index (κ3) is 4.62. The molecule has 0 aliphatic rings. The smallest absolute Gasteiger partial charge is 0.313 e. The summed E-state index contributed by atoms with van der Waals surface area (Å²) in [4.78, 5) is 25.9. The molecule has 0 spiro atoms. The van der Waals surface area contributed by atoms with Gasteiger partial charge in [0, 0.05) is 12.2 Å². The van der Waals surface area contributed by atoms with Crippen molar-refractivity contribution in [3.05, 3.63) is 52.0 Å². The number of likely N-dealkylation sites (N-methyl/N-ethyl adjacent to an activating group) is 1. The average Bonchev–Trinajstić information content (AvgIpc) is 3.04. The van der Waals surface area contributed by atoms with E-state index in [4.69, 9.17) is 0 Å². The minimum atomic E-state index is -0.818. The second-order valence-electron chi connectivity index (χ2n) is 5.66. The van der Waals surface area contributed by atoms with Crippen molar-refractivity contribution in [1.29, 1.82) is 0 Å². The van der Waals surface area contributed by atoms with E-state index in [-0.39, 0.29) is 11.7 Å². The molecule has 2 amide bonds. The zero-order valence-electron chi connectivity index (χ0n) is 13.8. The van der Waals surface area contributed by atoms with Gasteiger partial charge in [-0.15, -0.1) is 0 Å². The molecule has 1 aromatic heterocycles. The number of halogens is 1. The predicted octanol–water partition coefficient (Wildman–Crippen LogP) is 2.55. The fourth-order valence-electron chi connectivity index (χ4n) is 2.19. The lowest BCUT2D eigenvalue weighted by Gasteiger charge is -2.23. The molecule has 0 bridgehead atoms. The van der Waals surface area contributed by atoms with Crippen LogP contribution in [-0.4, -0.2) is 37.4 Å². The lowest BCUT2D eigenvalue weighted by Crippen LogP contribution is -2.40. The number of carbonyl (C=O) groups excluding carboxylic acids is 2. The van der Waals surface area contributed by atoms with Gasteiger partial charge in [-0.2, -0.15) is 11.3 Å². The molecule has 0 fully saturated rings. The van der Waals surface area contributed by atoms with Crippen molar-refractivity contribution < 1.29 is 14.0 Å². The van der Waals surface area contributed by atoms with Crippen LogP contribution >= 0.6 is 11.3 Å². The van der Waals surface area contributed by atoms with Crippen molar-refractivity contribution in [3.63, 3.8) is 0 Å². The first-order valence-electron chi connectivity index (χ1n) is 7.42. The molecular weight excluding hydrogens is 329 g/mol. The molecule has 7 heteroatoms. The topological polar surface area (TPSA) is 61.4 Å². The van der Waals surface area contributed by atoms with E-state index in [1.807, 2.05) is 35.8 Å². The number of anilines is 1. The summed E-state index contributed by atoms with van der Waals surface area (Å²) >= 11 is 1.58. The standard InChI is InChI=1S/C17H20FN3O2S/c1-11-4-5-13(8-14(11)18)20-17(23)16(22)19-9-15(21(2)3)12-6-7-24-10-12/h4-8,10,15H,9H2,1-3H3,(H,19,22)(H,20,23). The highest BCUT2D eigenvalue weighted by atomic mass is 32.1. The van der Waals surface area contributed by atoms with Crippen LogP contribution in [0.4, 0.5) is 10.1 Å². The van der Waals surface area contributed by atoms with Crippen LogP contribution in [0.5, 0.6) is 0 Å². The van der Waals surface area contributed by atoms with E-state index in [9.17, 15) is 14.0 Å². The summed E-state index contributed by atoms with van der Waals surface area (Å²) < 4.78 is 13.5. The fraction of sp³-hybridized carbons (Fsp3) is 0.294. The molecule has 2 aromatic rings. The Morgan fingerprint density at radius 3 is 2.58 bits per heavy atom. The quantitative estimate of drug-likeness (QED) is 0.816. The van der Waals surface area contributed by atoms with Gasteiger partial charge in [0.1, 0.15) is 5.82 Å². The van der Waals surface area contributed by atoms with Crippen LogP contribution in [0.3, 0.4) is 0 Å². The highest BCUT2D eigenvalue weighted by Gasteiger charge is 2.19. The molecule has 128 valence electrons. The molecule has 0 saturated carbocycles. The number of thiophene rings is 1. The van der Waals surface area contributed by atoms with E-state index >= 15 is 0 Å². The molecule has 1 aromatic carbocycles. The molecule has 2 N–H and O–H groups in total. The van der Waals surface area contributed by atoms with E-state index in [1.54, 1.807) is 30.4 Å². The largest absolute Gasteiger partial charge is 0.346 e. The molecule has 0 saturated heterocycles. The van der Waals surface area contributed by atoms with E-state index in [0.717, 1.165) is 5.56 Å². The summed E-state index contributed by atoms with van der Waals surface area (Å²) in [7, 11) is 3.81. The van der Waals surface area contributed by atoms with Crippen molar-refractivity contribution in [1.82, 2.24) is 10.2 Å². The maximum atomic E-state index is 13.5. The van der Waals surface area contributed by atoms with Gasteiger partial charge in [0.2, 0.25) is 0 Å². The number of benzene rings is 1. The van der Waals surface area contributed by atoms with Gasteiger partial charge in [0.25, 0.3) is 0 Å². The Bertz CT molecular complexity index is 717. The van der Waals surface area contributed by atoms with Crippen molar-refractivity contribution in [3.8, 4) is 0 Å². The molecule has 5 nitrogen and oxygen atoms in total. The molecule has 1 heterocycles. The zero-order valence-corrected chi connectivity index (χ0v) is 14.6. The van der Waals surface area contributed by atoms with Crippen LogP contribution in [0.2, 0.25) is 0 Å². The second-order valence-corrected chi connectivity index (χ2v) is 6.44. The predicted molar refractivity (Wildman–Crippen MR) is 93.5 cm³/mol. The maximum absolute atomic E-state index is 13.5. The van der Waals surface area contributed by atoms with Crippen LogP contribution in [0.1, 0.15) is 17.2 Å². The summed E-state index contributed by atoms with van der Waals surface area (Å²) in [5, 5.41) is 8.98. The Kier molecular flexibility index (Phi) is 6.05. The number of aryl methyl sites for hydroxylation is 1. The highest BCUT2D eigenvalue weighted by molar-refractivity contribution is 7.07. The number of carbonyl (C=O) groups is 2.